The monoisotopic (exact) mass is 539 g/mol. The van der Waals surface area contributed by atoms with Crippen LogP contribution in [0.15, 0.2) is 84.3 Å². The highest BCUT2D eigenvalue weighted by Crippen LogP contribution is 2.36. The van der Waals surface area contributed by atoms with Crippen LogP contribution in [-0.4, -0.2) is 20.7 Å². The number of carbonyl (C=O) groups excluding carboxylic acids is 1. The van der Waals surface area contributed by atoms with Crippen molar-refractivity contribution in [1.82, 2.24) is 14.8 Å². The number of hydrogen-bond acceptors (Lipinski definition) is 5. The topological polar surface area (TPSA) is 81.1 Å². The molecule has 0 saturated carbocycles. The number of benzene rings is 3. The first-order valence-corrected chi connectivity index (χ1v) is 12.1. The van der Waals surface area contributed by atoms with Crippen molar-refractivity contribution >= 4 is 52.3 Å². The smallest absolute Gasteiger partial charge is 0.255 e. The Morgan fingerprint density at radius 1 is 1.03 bits per heavy atom. The van der Waals surface area contributed by atoms with Crippen LogP contribution < -0.4 is 15.4 Å². The highest BCUT2D eigenvalue weighted by molar-refractivity contribution is 6.35. The van der Waals surface area contributed by atoms with E-state index in [0.29, 0.717) is 50.3 Å². The lowest BCUT2D eigenvalue weighted by Gasteiger charge is -2.28. The SMILES string of the molecule is CC1=C(C(=O)Nc2ccc(Cl)cc2)[C@H](c2ccc(OCc3ccc(Cl)cc3Cl)cc2)n2ncnc2N1. The molecule has 1 amide bonds. The maximum atomic E-state index is 13.4. The van der Waals surface area contributed by atoms with Crippen molar-refractivity contribution in [3.63, 3.8) is 0 Å². The molecule has 2 N–H and O–H groups in total. The summed E-state index contributed by atoms with van der Waals surface area (Å²) in [4.78, 5) is 17.7. The van der Waals surface area contributed by atoms with Crippen molar-refractivity contribution < 1.29 is 9.53 Å². The Hall–Kier alpha value is -3.52. The summed E-state index contributed by atoms with van der Waals surface area (Å²) in [5, 5.41) is 12.2. The second-order valence-electron chi connectivity index (χ2n) is 8.15. The van der Waals surface area contributed by atoms with Crippen LogP contribution in [-0.2, 0) is 11.4 Å². The third-order valence-electron chi connectivity index (χ3n) is 5.75. The second-order valence-corrected chi connectivity index (χ2v) is 9.43. The molecule has 1 aliphatic rings. The highest BCUT2D eigenvalue weighted by Gasteiger charge is 2.33. The lowest BCUT2D eigenvalue weighted by Crippen LogP contribution is -2.31. The summed E-state index contributed by atoms with van der Waals surface area (Å²) >= 11 is 18.2. The average molecular weight is 541 g/mol. The Morgan fingerprint density at radius 3 is 2.47 bits per heavy atom. The fraction of sp³-hybridized carbons (Fsp3) is 0.115. The lowest BCUT2D eigenvalue weighted by atomic mass is 9.95. The van der Waals surface area contributed by atoms with E-state index in [-0.39, 0.29) is 5.91 Å². The van der Waals surface area contributed by atoms with E-state index in [1.165, 1.54) is 6.33 Å². The molecule has 4 aromatic rings. The first-order chi connectivity index (χ1) is 17.4. The minimum absolute atomic E-state index is 0.258. The number of carbonyl (C=O) groups is 1. The molecule has 3 aromatic carbocycles. The highest BCUT2D eigenvalue weighted by atomic mass is 35.5. The summed E-state index contributed by atoms with van der Waals surface area (Å²) < 4.78 is 7.60. The van der Waals surface area contributed by atoms with Crippen LogP contribution in [0.4, 0.5) is 11.6 Å². The fourth-order valence-corrected chi connectivity index (χ4v) is 4.56. The molecular weight excluding hydrogens is 521 g/mol. The summed E-state index contributed by atoms with van der Waals surface area (Å²) in [5.41, 5.74) is 3.52. The Kier molecular flexibility index (Phi) is 6.87. The van der Waals surface area contributed by atoms with Crippen LogP contribution in [0.3, 0.4) is 0 Å². The number of halogens is 3. The van der Waals surface area contributed by atoms with Gasteiger partial charge in [0.25, 0.3) is 5.91 Å². The van der Waals surface area contributed by atoms with Gasteiger partial charge in [-0.3, -0.25) is 4.79 Å². The van der Waals surface area contributed by atoms with E-state index < -0.39 is 6.04 Å². The van der Waals surface area contributed by atoms with Crippen LogP contribution in [0.1, 0.15) is 24.1 Å². The first-order valence-electron chi connectivity index (χ1n) is 11.0. The summed E-state index contributed by atoms with van der Waals surface area (Å²) in [6.45, 7) is 2.14. The molecule has 5 rings (SSSR count). The van der Waals surface area contributed by atoms with Gasteiger partial charge in [-0.25, -0.2) is 4.68 Å². The average Bonchev–Trinajstić information content (AvgIpc) is 3.32. The number of fused-ring (bicyclic) bond motifs is 1. The van der Waals surface area contributed by atoms with E-state index in [4.69, 9.17) is 39.5 Å². The zero-order valence-corrected chi connectivity index (χ0v) is 21.3. The van der Waals surface area contributed by atoms with Gasteiger partial charge >= 0.3 is 0 Å². The van der Waals surface area contributed by atoms with Crippen LogP contribution in [0.5, 0.6) is 5.75 Å². The van der Waals surface area contributed by atoms with Gasteiger partial charge in [-0.05, 0) is 61.0 Å². The summed E-state index contributed by atoms with van der Waals surface area (Å²) in [5.74, 6) is 0.954. The van der Waals surface area contributed by atoms with E-state index >= 15 is 0 Å². The molecule has 0 aliphatic carbocycles. The number of aromatic nitrogens is 3. The third kappa shape index (κ3) is 5.04. The predicted molar refractivity (Wildman–Crippen MR) is 142 cm³/mol. The van der Waals surface area contributed by atoms with Gasteiger partial charge in [0, 0.05) is 32.0 Å². The van der Waals surface area contributed by atoms with Gasteiger partial charge in [-0.15, -0.1) is 0 Å². The molecule has 10 heteroatoms. The molecule has 1 aliphatic heterocycles. The van der Waals surface area contributed by atoms with Gasteiger partial charge in [0.05, 0.1) is 5.57 Å². The van der Waals surface area contributed by atoms with Gasteiger partial charge in [-0.2, -0.15) is 10.1 Å². The fourth-order valence-electron chi connectivity index (χ4n) is 3.97. The van der Waals surface area contributed by atoms with E-state index in [0.717, 1.165) is 11.1 Å². The lowest BCUT2D eigenvalue weighted by molar-refractivity contribution is -0.113. The number of allylic oxidation sites excluding steroid dienone is 1. The standard InChI is InChI=1S/C26H20Cl3N5O2/c1-15-23(25(35)33-20-8-6-18(27)7-9-20)24(34-26(32-15)30-14-31-34)16-3-10-21(11-4-16)36-13-17-2-5-19(28)12-22(17)29/h2-12,14,24H,13H2,1H3,(H,33,35)(H,30,31,32)/t24-/m0/s1. The van der Waals surface area contributed by atoms with E-state index in [1.54, 1.807) is 41.1 Å². The minimum Gasteiger partial charge on any atom is -0.489 e. The van der Waals surface area contributed by atoms with Crippen molar-refractivity contribution in [3.8, 4) is 5.75 Å². The molecule has 2 heterocycles. The van der Waals surface area contributed by atoms with Crippen molar-refractivity contribution in [2.24, 2.45) is 0 Å². The quantitative estimate of drug-likeness (QED) is 0.283. The number of hydrogen-bond donors (Lipinski definition) is 2. The number of amides is 1. The van der Waals surface area contributed by atoms with Crippen molar-refractivity contribution in [3.05, 3.63) is 111 Å². The molecule has 1 aromatic heterocycles. The Balaban J connectivity index is 1.40. The predicted octanol–water partition coefficient (Wildman–Crippen LogP) is 6.74. The number of nitrogens with zero attached hydrogens (tertiary/aromatic N) is 3. The van der Waals surface area contributed by atoms with E-state index in [9.17, 15) is 4.79 Å². The number of ether oxygens (including phenoxy) is 1. The molecule has 0 bridgehead atoms. The molecule has 0 spiro atoms. The second kappa shape index (κ2) is 10.2. The molecule has 7 nitrogen and oxygen atoms in total. The molecule has 0 fully saturated rings. The maximum absolute atomic E-state index is 13.4. The number of anilines is 2. The van der Waals surface area contributed by atoms with Gasteiger partial charge in [0.2, 0.25) is 5.95 Å². The summed E-state index contributed by atoms with van der Waals surface area (Å²) in [6.07, 6.45) is 1.45. The maximum Gasteiger partial charge on any atom is 0.255 e. The van der Waals surface area contributed by atoms with Crippen LogP contribution in [0.2, 0.25) is 15.1 Å². The largest absolute Gasteiger partial charge is 0.489 e. The Bertz CT molecular complexity index is 1450. The van der Waals surface area contributed by atoms with Crippen LogP contribution >= 0.6 is 34.8 Å². The van der Waals surface area contributed by atoms with E-state index in [1.807, 2.05) is 37.3 Å². The third-order valence-corrected chi connectivity index (χ3v) is 6.59. The van der Waals surface area contributed by atoms with Crippen molar-refractivity contribution in [1.29, 1.82) is 0 Å². The first kappa shape index (κ1) is 24.2. The molecule has 0 radical (unpaired) electrons. The van der Waals surface area contributed by atoms with Gasteiger partial charge in [0.15, 0.2) is 0 Å². The molecular formula is C26H20Cl3N5O2. The zero-order chi connectivity index (χ0) is 25.2. The van der Waals surface area contributed by atoms with Crippen molar-refractivity contribution in [2.45, 2.75) is 19.6 Å². The van der Waals surface area contributed by atoms with Crippen LogP contribution in [0.25, 0.3) is 0 Å². The van der Waals surface area contributed by atoms with Crippen LogP contribution in [0, 0.1) is 0 Å². The molecule has 0 saturated heterocycles. The summed E-state index contributed by atoms with van der Waals surface area (Å²) in [7, 11) is 0. The minimum atomic E-state index is -0.490. The van der Waals surface area contributed by atoms with E-state index in [2.05, 4.69) is 20.7 Å². The molecule has 0 unspecified atom stereocenters. The molecule has 1 atom stereocenters. The number of rotatable bonds is 6. The van der Waals surface area contributed by atoms with Gasteiger partial charge in [0.1, 0.15) is 24.7 Å². The Morgan fingerprint density at radius 2 is 1.75 bits per heavy atom. The molecule has 182 valence electrons. The summed E-state index contributed by atoms with van der Waals surface area (Å²) in [6, 6.07) is 19.3. The van der Waals surface area contributed by atoms with Gasteiger partial charge in [-0.1, -0.05) is 53.0 Å². The zero-order valence-electron chi connectivity index (χ0n) is 19.0. The van der Waals surface area contributed by atoms with Crippen molar-refractivity contribution in [2.75, 3.05) is 10.6 Å². The Labute approximate surface area is 222 Å². The van der Waals surface area contributed by atoms with Gasteiger partial charge < -0.3 is 15.4 Å². The number of nitrogens with one attached hydrogen (secondary N) is 2. The normalized spacial score (nSPS) is 14.7. The molecule has 36 heavy (non-hydrogen) atoms.